The molecule has 7 atom stereocenters. The third-order valence-electron chi connectivity index (χ3n) is 9.51. The van der Waals surface area contributed by atoms with Crippen molar-refractivity contribution in [3.63, 3.8) is 0 Å². The molecule has 0 aliphatic heterocycles. The van der Waals surface area contributed by atoms with E-state index in [2.05, 4.69) is 19.9 Å². The zero-order chi connectivity index (χ0) is 24.0. The van der Waals surface area contributed by atoms with Gasteiger partial charge in [0, 0.05) is 6.42 Å². The van der Waals surface area contributed by atoms with Crippen LogP contribution >= 0.6 is 0 Å². The monoisotopic (exact) mass is 460 g/mol. The summed E-state index contributed by atoms with van der Waals surface area (Å²) >= 11 is 0. The molecule has 1 N–H and O–H groups in total. The Kier molecular flexibility index (Phi) is 6.88. The van der Waals surface area contributed by atoms with Crippen LogP contribution in [0.25, 0.3) is 0 Å². The lowest BCUT2D eigenvalue weighted by molar-refractivity contribution is -0.155. The topological polar surface area (TPSA) is 72.8 Å². The number of hydrogen-bond acceptors (Lipinski definition) is 5. The van der Waals surface area contributed by atoms with E-state index in [1.807, 2.05) is 20.8 Å². The van der Waals surface area contributed by atoms with Crippen LogP contribution in [0, 0.1) is 28.6 Å². The number of carbonyl (C=O) groups is 2. The van der Waals surface area contributed by atoms with Crippen LogP contribution < -0.4 is 0 Å². The number of aliphatic hydroxyl groups is 1. The summed E-state index contributed by atoms with van der Waals surface area (Å²) in [5.41, 5.74) is 1.37. The average Bonchev–Trinajstić information content (AvgIpc) is 3.04. The minimum Gasteiger partial charge on any atom is -0.460 e. The van der Waals surface area contributed by atoms with Crippen molar-refractivity contribution in [2.24, 2.45) is 28.6 Å². The highest BCUT2D eigenvalue weighted by Gasteiger charge is 2.58. The number of fused-ring (bicyclic) bond motifs is 5. The maximum absolute atomic E-state index is 12.3. The number of Topliss-reactive ketones (excluding diaryl/α,β-unsaturated/α-hetero) is 1. The molecule has 186 valence electrons. The van der Waals surface area contributed by atoms with E-state index in [0.717, 1.165) is 38.0 Å². The van der Waals surface area contributed by atoms with Crippen molar-refractivity contribution in [1.82, 2.24) is 0 Å². The summed E-state index contributed by atoms with van der Waals surface area (Å²) in [7, 11) is 0. The smallest absolute Gasteiger partial charge is 0.306 e. The molecule has 4 rings (SSSR count). The van der Waals surface area contributed by atoms with Crippen LogP contribution in [0.4, 0.5) is 0 Å². The summed E-state index contributed by atoms with van der Waals surface area (Å²) in [5.74, 6) is 1.73. The van der Waals surface area contributed by atoms with Crippen LogP contribution in [0.5, 0.6) is 0 Å². The molecule has 5 heteroatoms. The first-order chi connectivity index (χ1) is 15.4. The van der Waals surface area contributed by atoms with E-state index in [9.17, 15) is 14.7 Å². The molecular formula is C28H44O5. The highest BCUT2D eigenvalue weighted by molar-refractivity contribution is 5.83. The number of carbonyl (C=O) groups excluding carboxylic acids is 2. The lowest BCUT2D eigenvalue weighted by atomic mass is 9.47. The molecule has 0 aromatic heterocycles. The molecule has 33 heavy (non-hydrogen) atoms. The van der Waals surface area contributed by atoms with Crippen LogP contribution in [0.3, 0.4) is 0 Å². The molecular weight excluding hydrogens is 416 g/mol. The SMILES string of the molecule is CC(C)(C)OC(=O)CCC(=O)CO[C@H]1C=C2CCC3C(CCC4(C)C(O)CCC34)C2(C)CC1. The third kappa shape index (κ3) is 4.96. The first-order valence-electron chi connectivity index (χ1n) is 13.2. The second-order valence-corrected chi connectivity index (χ2v) is 12.7. The summed E-state index contributed by atoms with van der Waals surface area (Å²) in [5, 5.41) is 10.6. The molecule has 0 amide bonds. The normalized spacial score (nSPS) is 40.3. The Hall–Kier alpha value is -1.20. The van der Waals surface area contributed by atoms with E-state index >= 15 is 0 Å². The van der Waals surface area contributed by atoms with Crippen LogP contribution in [0.2, 0.25) is 0 Å². The zero-order valence-corrected chi connectivity index (χ0v) is 21.3. The van der Waals surface area contributed by atoms with E-state index in [1.165, 1.54) is 24.8 Å². The van der Waals surface area contributed by atoms with Crippen molar-refractivity contribution in [1.29, 1.82) is 0 Å². The molecule has 6 unspecified atom stereocenters. The highest BCUT2D eigenvalue weighted by Crippen LogP contribution is 2.65. The molecule has 0 aromatic rings. The van der Waals surface area contributed by atoms with Gasteiger partial charge in [-0.3, -0.25) is 9.59 Å². The van der Waals surface area contributed by atoms with Crippen LogP contribution in [-0.4, -0.2) is 41.3 Å². The van der Waals surface area contributed by atoms with Gasteiger partial charge in [0.2, 0.25) is 0 Å². The van der Waals surface area contributed by atoms with Crippen molar-refractivity contribution in [3.8, 4) is 0 Å². The average molecular weight is 461 g/mol. The van der Waals surface area contributed by atoms with Gasteiger partial charge < -0.3 is 14.6 Å². The predicted molar refractivity (Wildman–Crippen MR) is 128 cm³/mol. The van der Waals surface area contributed by atoms with E-state index in [-0.39, 0.29) is 54.2 Å². The third-order valence-corrected chi connectivity index (χ3v) is 9.51. The molecule has 4 aliphatic carbocycles. The lowest BCUT2D eigenvalue weighted by Gasteiger charge is -2.58. The summed E-state index contributed by atoms with van der Waals surface area (Å²) in [6.45, 7) is 10.4. The number of aliphatic hydroxyl groups excluding tert-OH is 1. The van der Waals surface area contributed by atoms with Gasteiger partial charge in [-0.25, -0.2) is 0 Å². The molecule has 3 saturated carbocycles. The quantitative estimate of drug-likeness (QED) is 0.425. The van der Waals surface area contributed by atoms with Crippen molar-refractivity contribution in [2.75, 3.05) is 6.61 Å². The fraction of sp³-hybridized carbons (Fsp3) is 0.857. The van der Waals surface area contributed by atoms with Crippen molar-refractivity contribution in [3.05, 3.63) is 11.6 Å². The first-order valence-corrected chi connectivity index (χ1v) is 13.2. The fourth-order valence-electron chi connectivity index (χ4n) is 7.71. The van der Waals surface area contributed by atoms with Crippen molar-refractivity contribution >= 4 is 11.8 Å². The van der Waals surface area contributed by atoms with Gasteiger partial charge in [0.05, 0.1) is 18.6 Å². The van der Waals surface area contributed by atoms with Crippen LogP contribution in [-0.2, 0) is 19.1 Å². The van der Waals surface area contributed by atoms with E-state index in [1.54, 1.807) is 0 Å². The number of rotatable bonds is 6. The molecule has 4 aliphatic rings. The number of ketones is 1. The Labute approximate surface area is 199 Å². The Morgan fingerprint density at radius 3 is 2.52 bits per heavy atom. The van der Waals surface area contributed by atoms with Crippen LogP contribution in [0.15, 0.2) is 11.6 Å². The second kappa shape index (κ2) is 9.11. The van der Waals surface area contributed by atoms with Gasteiger partial charge in [-0.05, 0) is 101 Å². The van der Waals surface area contributed by atoms with Gasteiger partial charge >= 0.3 is 5.97 Å². The highest BCUT2D eigenvalue weighted by atomic mass is 16.6. The van der Waals surface area contributed by atoms with Crippen molar-refractivity contribution < 1.29 is 24.2 Å². The van der Waals surface area contributed by atoms with Gasteiger partial charge in [0.1, 0.15) is 12.2 Å². The van der Waals surface area contributed by atoms with Gasteiger partial charge in [0.15, 0.2) is 5.78 Å². The zero-order valence-electron chi connectivity index (χ0n) is 21.3. The molecule has 5 nitrogen and oxygen atoms in total. The molecule has 0 heterocycles. The largest absolute Gasteiger partial charge is 0.460 e. The maximum atomic E-state index is 12.3. The maximum Gasteiger partial charge on any atom is 0.306 e. The Morgan fingerprint density at radius 2 is 1.79 bits per heavy atom. The van der Waals surface area contributed by atoms with E-state index < -0.39 is 5.60 Å². The summed E-state index contributed by atoms with van der Waals surface area (Å²) in [6.07, 6.45) is 11.4. The molecule has 3 fully saturated rings. The molecule has 0 aromatic carbocycles. The standard InChI is InChI=1S/C28H44O5/c1-26(2,3)33-25(31)11-7-19(29)17-32-20-12-14-27(4)18(16-20)6-8-21-22-9-10-24(30)28(22,5)15-13-23(21)27/h16,20-24,30H,6-15,17H2,1-5H3/t20-,21?,22?,23?,24?,27?,28?/m1/s1. The molecule has 0 spiro atoms. The van der Waals surface area contributed by atoms with Gasteiger partial charge in [-0.1, -0.05) is 25.5 Å². The Balaban J connectivity index is 1.31. The minimum absolute atomic E-state index is 0.00254. The fourth-order valence-corrected chi connectivity index (χ4v) is 7.71. The van der Waals surface area contributed by atoms with Gasteiger partial charge in [-0.15, -0.1) is 0 Å². The number of allylic oxidation sites excluding steroid dienone is 1. The van der Waals surface area contributed by atoms with Gasteiger partial charge in [-0.2, -0.15) is 0 Å². The minimum atomic E-state index is -0.523. The Morgan fingerprint density at radius 1 is 1.03 bits per heavy atom. The van der Waals surface area contributed by atoms with Crippen LogP contribution in [0.1, 0.15) is 98.8 Å². The lowest BCUT2D eigenvalue weighted by Crippen LogP contribution is -2.51. The molecule has 0 saturated heterocycles. The first kappa shape index (κ1) is 24.9. The molecule has 0 bridgehead atoms. The summed E-state index contributed by atoms with van der Waals surface area (Å²) < 4.78 is 11.3. The van der Waals surface area contributed by atoms with Gasteiger partial charge in [0.25, 0.3) is 0 Å². The van der Waals surface area contributed by atoms with E-state index in [0.29, 0.717) is 11.8 Å². The van der Waals surface area contributed by atoms with E-state index in [4.69, 9.17) is 9.47 Å². The van der Waals surface area contributed by atoms with Crippen molar-refractivity contribution in [2.45, 2.75) is 117 Å². The summed E-state index contributed by atoms with van der Waals surface area (Å²) in [4.78, 5) is 24.1. The molecule has 0 radical (unpaired) electrons. The second-order valence-electron chi connectivity index (χ2n) is 12.7. The summed E-state index contributed by atoms with van der Waals surface area (Å²) in [6, 6.07) is 0. The Bertz CT molecular complexity index is 795. The number of esters is 1. The number of hydrogen-bond donors (Lipinski definition) is 1. The predicted octanol–water partition coefficient (Wildman–Crippen LogP) is 5.39. The number of ether oxygens (including phenoxy) is 2.